The summed E-state index contributed by atoms with van der Waals surface area (Å²) < 4.78 is 2.59. The molecule has 0 unspecified atom stereocenters. The lowest BCUT2D eigenvalue weighted by Crippen LogP contribution is -2.47. The summed E-state index contributed by atoms with van der Waals surface area (Å²) in [5.74, 6) is 1.05. The SMILES string of the molecule is Cc1ccccc1CN1CCC(CNC(=O)[C@@H]2CCCN(c3cc(=O)n(C)c(=O)n3C)C2)CC1. The third kappa shape index (κ3) is 5.43. The molecule has 0 radical (unpaired) electrons. The predicted molar refractivity (Wildman–Crippen MR) is 134 cm³/mol. The molecule has 3 heterocycles. The Hall–Kier alpha value is -2.87. The van der Waals surface area contributed by atoms with E-state index in [1.165, 1.54) is 28.8 Å². The number of carbonyl (C=O) groups is 1. The molecular formula is C26H37N5O3. The number of carbonyl (C=O) groups excluding carboxylic acids is 1. The lowest BCUT2D eigenvalue weighted by atomic mass is 9.94. The third-order valence-corrected chi connectivity index (χ3v) is 7.54. The Labute approximate surface area is 201 Å². The van der Waals surface area contributed by atoms with E-state index in [9.17, 15) is 14.4 Å². The first-order valence-corrected chi connectivity index (χ1v) is 12.4. The number of anilines is 1. The second kappa shape index (κ2) is 10.6. The first kappa shape index (κ1) is 24.3. The fourth-order valence-corrected chi connectivity index (χ4v) is 5.19. The van der Waals surface area contributed by atoms with E-state index < -0.39 is 0 Å². The molecule has 1 amide bonds. The smallest absolute Gasteiger partial charge is 0.332 e. The van der Waals surface area contributed by atoms with Crippen molar-refractivity contribution in [2.75, 3.05) is 37.6 Å². The molecule has 184 valence electrons. The summed E-state index contributed by atoms with van der Waals surface area (Å²) >= 11 is 0. The third-order valence-electron chi connectivity index (χ3n) is 7.54. The molecule has 0 bridgehead atoms. The zero-order valence-electron chi connectivity index (χ0n) is 20.6. The van der Waals surface area contributed by atoms with Crippen LogP contribution in [0.1, 0.15) is 36.8 Å². The molecule has 34 heavy (non-hydrogen) atoms. The van der Waals surface area contributed by atoms with Crippen molar-refractivity contribution in [1.82, 2.24) is 19.4 Å². The van der Waals surface area contributed by atoms with E-state index >= 15 is 0 Å². The van der Waals surface area contributed by atoms with E-state index in [2.05, 4.69) is 41.4 Å². The van der Waals surface area contributed by atoms with E-state index in [4.69, 9.17) is 0 Å². The highest BCUT2D eigenvalue weighted by atomic mass is 16.2. The van der Waals surface area contributed by atoms with Crippen molar-refractivity contribution < 1.29 is 4.79 Å². The van der Waals surface area contributed by atoms with Gasteiger partial charge in [0.25, 0.3) is 5.56 Å². The zero-order chi connectivity index (χ0) is 24.2. The average Bonchev–Trinajstić information content (AvgIpc) is 2.85. The maximum absolute atomic E-state index is 13.0. The molecule has 4 rings (SSSR count). The number of nitrogens with one attached hydrogen (secondary N) is 1. The predicted octanol–water partition coefficient (Wildman–Crippen LogP) is 1.64. The van der Waals surface area contributed by atoms with Crippen LogP contribution in [0.15, 0.2) is 39.9 Å². The van der Waals surface area contributed by atoms with Gasteiger partial charge in [-0.1, -0.05) is 24.3 Å². The second-order valence-electron chi connectivity index (χ2n) is 9.92. The number of benzene rings is 1. The molecule has 2 aliphatic heterocycles. The molecule has 1 N–H and O–H groups in total. The van der Waals surface area contributed by atoms with Crippen LogP contribution in [0.2, 0.25) is 0 Å². The summed E-state index contributed by atoms with van der Waals surface area (Å²) in [6, 6.07) is 10.1. The molecule has 1 aromatic carbocycles. The van der Waals surface area contributed by atoms with Gasteiger partial charge in [0.05, 0.1) is 5.92 Å². The van der Waals surface area contributed by atoms with Crippen molar-refractivity contribution >= 4 is 11.7 Å². The van der Waals surface area contributed by atoms with Crippen LogP contribution in [0.25, 0.3) is 0 Å². The number of aryl methyl sites for hydroxylation is 1. The molecule has 8 heteroatoms. The van der Waals surface area contributed by atoms with Gasteiger partial charge in [-0.2, -0.15) is 0 Å². The fourth-order valence-electron chi connectivity index (χ4n) is 5.19. The summed E-state index contributed by atoms with van der Waals surface area (Å²) in [5, 5.41) is 3.20. The number of hydrogen-bond donors (Lipinski definition) is 1. The molecule has 2 aliphatic rings. The van der Waals surface area contributed by atoms with E-state index in [1.54, 1.807) is 7.05 Å². The Kier molecular flexibility index (Phi) is 7.56. The Bertz CT molecular complexity index is 1130. The van der Waals surface area contributed by atoms with E-state index in [-0.39, 0.29) is 23.1 Å². The lowest BCUT2D eigenvalue weighted by molar-refractivity contribution is -0.125. The minimum absolute atomic E-state index is 0.0841. The van der Waals surface area contributed by atoms with Crippen LogP contribution in [0.5, 0.6) is 0 Å². The van der Waals surface area contributed by atoms with Crippen LogP contribution >= 0.6 is 0 Å². The number of piperidine rings is 2. The first-order valence-electron chi connectivity index (χ1n) is 12.4. The van der Waals surface area contributed by atoms with Gasteiger partial charge in [0.15, 0.2) is 0 Å². The summed E-state index contributed by atoms with van der Waals surface area (Å²) in [5.41, 5.74) is 2.07. The number of rotatable bonds is 6. The van der Waals surface area contributed by atoms with E-state index in [1.807, 2.05) is 4.90 Å². The Balaban J connectivity index is 1.27. The normalized spacial score (nSPS) is 19.9. The lowest BCUT2D eigenvalue weighted by Gasteiger charge is -2.35. The Morgan fingerprint density at radius 1 is 1.03 bits per heavy atom. The van der Waals surface area contributed by atoms with Crippen molar-refractivity contribution in [2.45, 2.75) is 39.2 Å². The molecule has 8 nitrogen and oxygen atoms in total. The Morgan fingerprint density at radius 2 is 1.76 bits per heavy atom. The quantitative estimate of drug-likeness (QED) is 0.699. The van der Waals surface area contributed by atoms with Crippen LogP contribution in [0.4, 0.5) is 5.82 Å². The van der Waals surface area contributed by atoms with Gasteiger partial charge in [-0.15, -0.1) is 0 Å². The fraction of sp³-hybridized carbons (Fsp3) is 0.577. The topological polar surface area (TPSA) is 79.6 Å². The van der Waals surface area contributed by atoms with Gasteiger partial charge >= 0.3 is 5.69 Å². The molecule has 0 saturated carbocycles. The number of hydrogen-bond acceptors (Lipinski definition) is 5. The molecule has 2 aromatic rings. The molecule has 0 aliphatic carbocycles. The highest BCUT2D eigenvalue weighted by Gasteiger charge is 2.28. The number of amides is 1. The van der Waals surface area contributed by atoms with E-state index in [0.29, 0.717) is 18.3 Å². The monoisotopic (exact) mass is 467 g/mol. The number of aromatic nitrogens is 2. The zero-order valence-corrected chi connectivity index (χ0v) is 20.6. The average molecular weight is 468 g/mol. The van der Waals surface area contributed by atoms with Crippen molar-refractivity contribution in [3.05, 3.63) is 62.3 Å². The Morgan fingerprint density at radius 3 is 2.50 bits per heavy atom. The van der Waals surface area contributed by atoms with Crippen LogP contribution in [-0.2, 0) is 25.4 Å². The van der Waals surface area contributed by atoms with Crippen molar-refractivity contribution in [3.63, 3.8) is 0 Å². The summed E-state index contributed by atoms with van der Waals surface area (Å²) in [7, 11) is 3.15. The number of likely N-dealkylation sites (tertiary alicyclic amines) is 1. The van der Waals surface area contributed by atoms with Gasteiger partial charge in [-0.3, -0.25) is 23.6 Å². The van der Waals surface area contributed by atoms with Gasteiger partial charge in [-0.05, 0) is 62.7 Å². The van der Waals surface area contributed by atoms with Gasteiger partial charge < -0.3 is 10.2 Å². The summed E-state index contributed by atoms with van der Waals surface area (Å²) in [6.07, 6.45) is 3.88. The van der Waals surface area contributed by atoms with Gasteiger partial charge in [0.2, 0.25) is 5.91 Å². The summed E-state index contributed by atoms with van der Waals surface area (Å²) in [6.45, 7) is 7.27. The largest absolute Gasteiger partial charge is 0.357 e. The van der Waals surface area contributed by atoms with Gasteiger partial charge in [0, 0.05) is 46.3 Å². The molecule has 2 fully saturated rings. The van der Waals surface area contributed by atoms with Crippen LogP contribution in [0, 0.1) is 18.8 Å². The van der Waals surface area contributed by atoms with Crippen molar-refractivity contribution in [3.8, 4) is 0 Å². The molecular weight excluding hydrogens is 430 g/mol. The number of nitrogens with zero attached hydrogens (tertiary/aromatic N) is 4. The maximum Gasteiger partial charge on any atom is 0.332 e. The van der Waals surface area contributed by atoms with Crippen LogP contribution in [0.3, 0.4) is 0 Å². The van der Waals surface area contributed by atoms with Crippen LogP contribution in [-0.4, -0.2) is 52.7 Å². The maximum atomic E-state index is 13.0. The molecule has 0 spiro atoms. The first-order chi connectivity index (χ1) is 16.3. The van der Waals surface area contributed by atoms with Gasteiger partial charge in [0.1, 0.15) is 5.82 Å². The molecule has 2 saturated heterocycles. The summed E-state index contributed by atoms with van der Waals surface area (Å²) in [4.78, 5) is 41.9. The highest BCUT2D eigenvalue weighted by molar-refractivity contribution is 5.79. The van der Waals surface area contributed by atoms with Crippen molar-refractivity contribution in [1.29, 1.82) is 0 Å². The van der Waals surface area contributed by atoms with Crippen molar-refractivity contribution in [2.24, 2.45) is 25.9 Å². The minimum Gasteiger partial charge on any atom is -0.357 e. The minimum atomic E-state index is -0.345. The molecule has 1 aromatic heterocycles. The second-order valence-corrected chi connectivity index (χ2v) is 9.92. The van der Waals surface area contributed by atoms with Crippen LogP contribution < -0.4 is 21.5 Å². The van der Waals surface area contributed by atoms with E-state index in [0.717, 1.165) is 63.0 Å². The van der Waals surface area contributed by atoms with Gasteiger partial charge in [-0.25, -0.2) is 4.79 Å². The molecule has 1 atom stereocenters. The highest BCUT2D eigenvalue weighted by Crippen LogP contribution is 2.23. The standard InChI is InChI=1S/C26H37N5O3/c1-19-7-4-5-8-21(19)17-30-13-10-20(11-14-30)16-27-25(33)22-9-6-12-31(18-22)23-15-24(32)29(3)26(34)28(23)2/h4-5,7-8,15,20,22H,6,9-14,16-18H2,1-3H3,(H,27,33)/t22-/m1/s1.